The van der Waals surface area contributed by atoms with Crippen LogP contribution in [-0.2, 0) is 6.54 Å². The van der Waals surface area contributed by atoms with E-state index in [0.717, 1.165) is 21.5 Å². The van der Waals surface area contributed by atoms with Crippen LogP contribution in [0, 0.1) is 0 Å². The Kier molecular flexibility index (Phi) is 5.62. The first kappa shape index (κ1) is 16.3. The third-order valence-electron chi connectivity index (χ3n) is 3.05. The van der Waals surface area contributed by atoms with E-state index < -0.39 is 0 Å². The van der Waals surface area contributed by atoms with Gasteiger partial charge in [0.15, 0.2) is 0 Å². The number of nitrogens with zero attached hydrogens (tertiary/aromatic N) is 1. The molecule has 0 radical (unpaired) electrons. The molecule has 2 aromatic rings. The molecule has 0 aliphatic carbocycles. The number of halogens is 2. The molecule has 0 aliphatic heterocycles. The van der Waals surface area contributed by atoms with Crippen LogP contribution in [0.25, 0.3) is 0 Å². The van der Waals surface area contributed by atoms with Crippen LogP contribution in [0.5, 0.6) is 11.6 Å². The number of rotatable bonds is 5. The predicted molar refractivity (Wildman–Crippen MR) is 90.3 cm³/mol. The monoisotopic (exact) mass is 368 g/mol. The molecule has 1 aromatic heterocycles. The second kappa shape index (κ2) is 7.25. The Balaban J connectivity index is 2.32. The lowest BCUT2D eigenvalue weighted by Crippen LogP contribution is -2.08. The van der Waals surface area contributed by atoms with Gasteiger partial charge in [0.05, 0.1) is 10.7 Å². The summed E-state index contributed by atoms with van der Waals surface area (Å²) in [5.74, 6) is 1.73. The number of pyridine rings is 1. The van der Waals surface area contributed by atoms with E-state index in [4.69, 9.17) is 16.3 Å². The summed E-state index contributed by atoms with van der Waals surface area (Å²) in [6.07, 6.45) is 0. The van der Waals surface area contributed by atoms with Gasteiger partial charge in [-0.1, -0.05) is 41.4 Å². The molecule has 0 aliphatic rings. The maximum Gasteiger partial charge on any atom is 0.219 e. The Labute approximate surface area is 138 Å². The fourth-order valence-electron chi connectivity index (χ4n) is 1.99. The van der Waals surface area contributed by atoms with Crippen molar-refractivity contribution >= 4 is 27.5 Å². The SMILES string of the molecule is CNCc1nc(Oc2ccc(Br)cc2C(C)C)ccc1Cl. The maximum absolute atomic E-state index is 6.12. The Morgan fingerprint density at radius 3 is 2.71 bits per heavy atom. The Bertz CT molecular complexity index is 632. The van der Waals surface area contributed by atoms with E-state index in [9.17, 15) is 0 Å². The van der Waals surface area contributed by atoms with E-state index >= 15 is 0 Å². The molecule has 0 atom stereocenters. The molecule has 21 heavy (non-hydrogen) atoms. The number of hydrogen-bond donors (Lipinski definition) is 1. The van der Waals surface area contributed by atoms with Gasteiger partial charge in [0.25, 0.3) is 0 Å². The minimum Gasteiger partial charge on any atom is -0.439 e. The van der Waals surface area contributed by atoms with Gasteiger partial charge in [-0.25, -0.2) is 4.98 Å². The third-order valence-corrected chi connectivity index (χ3v) is 3.88. The van der Waals surface area contributed by atoms with Crippen LogP contribution < -0.4 is 10.1 Å². The molecule has 3 nitrogen and oxygen atoms in total. The van der Waals surface area contributed by atoms with Gasteiger partial charge in [0, 0.05) is 17.1 Å². The molecule has 1 N–H and O–H groups in total. The topological polar surface area (TPSA) is 34.2 Å². The van der Waals surface area contributed by atoms with E-state index in [2.05, 4.69) is 46.1 Å². The van der Waals surface area contributed by atoms with Gasteiger partial charge in [0.2, 0.25) is 5.88 Å². The number of ether oxygens (including phenoxy) is 1. The molecular formula is C16H18BrClN2O. The average Bonchev–Trinajstić information content (AvgIpc) is 2.44. The summed E-state index contributed by atoms with van der Waals surface area (Å²) >= 11 is 9.61. The zero-order valence-electron chi connectivity index (χ0n) is 12.3. The Morgan fingerprint density at radius 1 is 1.29 bits per heavy atom. The summed E-state index contributed by atoms with van der Waals surface area (Å²) < 4.78 is 6.99. The minimum absolute atomic E-state index is 0.363. The van der Waals surface area contributed by atoms with Gasteiger partial charge in [-0.3, -0.25) is 0 Å². The molecule has 2 rings (SSSR count). The maximum atomic E-state index is 6.12. The first-order valence-corrected chi connectivity index (χ1v) is 7.95. The largest absolute Gasteiger partial charge is 0.439 e. The molecule has 0 bridgehead atoms. The van der Waals surface area contributed by atoms with Crippen molar-refractivity contribution in [3.8, 4) is 11.6 Å². The van der Waals surface area contributed by atoms with Crippen molar-refractivity contribution in [2.45, 2.75) is 26.3 Å². The van der Waals surface area contributed by atoms with Crippen molar-refractivity contribution in [3.63, 3.8) is 0 Å². The predicted octanol–water partition coefficient (Wildman–Crippen LogP) is 5.13. The number of nitrogens with one attached hydrogen (secondary N) is 1. The fraction of sp³-hybridized carbons (Fsp3) is 0.312. The highest BCUT2D eigenvalue weighted by atomic mass is 79.9. The zero-order chi connectivity index (χ0) is 15.4. The molecule has 0 saturated heterocycles. The van der Waals surface area contributed by atoms with Gasteiger partial charge >= 0.3 is 0 Å². The summed E-state index contributed by atoms with van der Waals surface area (Å²) in [4.78, 5) is 4.45. The highest BCUT2D eigenvalue weighted by Gasteiger charge is 2.11. The van der Waals surface area contributed by atoms with Gasteiger partial charge in [-0.15, -0.1) is 0 Å². The standard InChI is InChI=1S/C16H18BrClN2O/c1-10(2)12-8-11(17)4-6-15(12)21-16-7-5-13(18)14(20-16)9-19-3/h4-8,10,19H,9H2,1-3H3. The number of benzene rings is 1. The average molecular weight is 370 g/mol. The fourth-order valence-corrected chi connectivity index (χ4v) is 2.54. The van der Waals surface area contributed by atoms with Crippen LogP contribution in [0.4, 0.5) is 0 Å². The van der Waals surface area contributed by atoms with Crippen LogP contribution in [0.3, 0.4) is 0 Å². The smallest absolute Gasteiger partial charge is 0.219 e. The molecule has 0 unspecified atom stereocenters. The normalized spacial score (nSPS) is 11.0. The van der Waals surface area contributed by atoms with E-state index in [1.165, 1.54) is 0 Å². The lowest BCUT2D eigenvalue weighted by atomic mass is 10.0. The van der Waals surface area contributed by atoms with Crippen molar-refractivity contribution < 1.29 is 4.74 Å². The quantitative estimate of drug-likeness (QED) is 0.793. The van der Waals surface area contributed by atoms with E-state index in [1.807, 2.05) is 25.2 Å². The van der Waals surface area contributed by atoms with Crippen LogP contribution in [-0.4, -0.2) is 12.0 Å². The van der Waals surface area contributed by atoms with E-state index in [1.54, 1.807) is 6.07 Å². The van der Waals surface area contributed by atoms with Crippen LogP contribution in [0.1, 0.15) is 31.0 Å². The second-order valence-corrected chi connectivity index (χ2v) is 6.37. The van der Waals surface area contributed by atoms with Crippen molar-refractivity contribution in [2.24, 2.45) is 0 Å². The summed E-state index contributed by atoms with van der Waals surface area (Å²) in [6.45, 7) is 4.88. The molecule has 5 heteroatoms. The number of aromatic nitrogens is 1. The highest BCUT2D eigenvalue weighted by molar-refractivity contribution is 9.10. The van der Waals surface area contributed by atoms with Crippen LogP contribution in [0.2, 0.25) is 5.02 Å². The molecule has 1 heterocycles. The molecule has 0 amide bonds. The molecule has 0 saturated carbocycles. The van der Waals surface area contributed by atoms with Crippen LogP contribution >= 0.6 is 27.5 Å². The van der Waals surface area contributed by atoms with Gasteiger partial charge in [-0.2, -0.15) is 0 Å². The summed E-state index contributed by atoms with van der Waals surface area (Å²) in [6, 6.07) is 9.58. The molecule has 0 spiro atoms. The minimum atomic E-state index is 0.363. The van der Waals surface area contributed by atoms with Crippen molar-refractivity contribution in [3.05, 3.63) is 51.1 Å². The lowest BCUT2D eigenvalue weighted by molar-refractivity contribution is 0.451. The van der Waals surface area contributed by atoms with Crippen molar-refractivity contribution in [1.82, 2.24) is 10.3 Å². The Hall–Kier alpha value is -1.10. The van der Waals surface area contributed by atoms with Gasteiger partial charge in [0.1, 0.15) is 5.75 Å². The molecular weight excluding hydrogens is 352 g/mol. The second-order valence-electron chi connectivity index (χ2n) is 5.05. The highest BCUT2D eigenvalue weighted by Crippen LogP contribution is 2.32. The van der Waals surface area contributed by atoms with Crippen LogP contribution in [0.15, 0.2) is 34.8 Å². The van der Waals surface area contributed by atoms with Gasteiger partial charge in [-0.05, 0) is 42.8 Å². The molecule has 112 valence electrons. The first-order valence-electron chi connectivity index (χ1n) is 6.78. The molecule has 0 fully saturated rings. The Morgan fingerprint density at radius 2 is 2.05 bits per heavy atom. The van der Waals surface area contributed by atoms with Crippen molar-refractivity contribution in [1.29, 1.82) is 0 Å². The van der Waals surface area contributed by atoms with Gasteiger partial charge < -0.3 is 10.1 Å². The summed E-state index contributed by atoms with van der Waals surface area (Å²) in [7, 11) is 1.86. The van der Waals surface area contributed by atoms with E-state index in [0.29, 0.717) is 23.4 Å². The lowest BCUT2D eigenvalue weighted by Gasteiger charge is -2.14. The summed E-state index contributed by atoms with van der Waals surface area (Å²) in [5.41, 5.74) is 1.91. The first-order chi connectivity index (χ1) is 10.0. The number of hydrogen-bond acceptors (Lipinski definition) is 3. The summed E-state index contributed by atoms with van der Waals surface area (Å²) in [5, 5.41) is 3.68. The third kappa shape index (κ3) is 4.19. The zero-order valence-corrected chi connectivity index (χ0v) is 14.6. The van der Waals surface area contributed by atoms with E-state index in [-0.39, 0.29) is 0 Å². The molecule has 1 aromatic carbocycles. The van der Waals surface area contributed by atoms with Crippen molar-refractivity contribution in [2.75, 3.05) is 7.05 Å².